The van der Waals surface area contributed by atoms with E-state index in [9.17, 15) is 9.90 Å². The second kappa shape index (κ2) is 7.36. The Morgan fingerprint density at radius 2 is 2.25 bits per heavy atom. The molecule has 24 heavy (non-hydrogen) atoms. The van der Waals surface area contributed by atoms with Gasteiger partial charge in [0, 0.05) is 19.0 Å². The minimum absolute atomic E-state index is 0.0722. The first kappa shape index (κ1) is 17.0. The second-order valence-electron chi connectivity index (χ2n) is 6.38. The number of phenolic OH excluding ortho intramolecular Hbond substituents is 1. The lowest BCUT2D eigenvalue weighted by atomic mass is 9.92. The van der Waals surface area contributed by atoms with E-state index in [4.69, 9.17) is 4.74 Å². The van der Waals surface area contributed by atoms with Crippen molar-refractivity contribution in [3.8, 4) is 11.5 Å². The van der Waals surface area contributed by atoms with Crippen molar-refractivity contribution in [2.75, 3.05) is 20.2 Å². The molecule has 1 aliphatic heterocycles. The number of methoxy groups -OCH3 is 1. The van der Waals surface area contributed by atoms with E-state index in [0.29, 0.717) is 5.75 Å². The molecule has 0 saturated carbocycles. The van der Waals surface area contributed by atoms with Crippen molar-refractivity contribution >= 4 is 17.1 Å². The van der Waals surface area contributed by atoms with Crippen LogP contribution in [0.2, 0.25) is 0 Å². The molecule has 1 N–H and O–H groups in total. The normalized spacial score (nSPS) is 18.5. The standard InChI is InChI=1S/C19H23NO3S/c1-13-7-9-24-19(13)18(22)15-4-3-8-20(12-15)11-14-5-6-17(23-2)16(21)10-14/h5-7,9-10,15,21H,3-4,8,11-12H2,1-2H3/t15-/m0/s1. The van der Waals surface area contributed by atoms with Gasteiger partial charge in [0.15, 0.2) is 17.3 Å². The summed E-state index contributed by atoms with van der Waals surface area (Å²) in [4.78, 5) is 16.0. The SMILES string of the molecule is COc1ccc(CN2CCC[C@H](C(=O)c3sccc3C)C2)cc1O. The van der Waals surface area contributed by atoms with Gasteiger partial charge in [-0.3, -0.25) is 9.69 Å². The van der Waals surface area contributed by atoms with Crippen LogP contribution in [0.25, 0.3) is 0 Å². The maximum Gasteiger partial charge on any atom is 0.177 e. The summed E-state index contributed by atoms with van der Waals surface area (Å²) in [6.45, 7) is 4.51. The third-order valence-corrected chi connectivity index (χ3v) is 5.64. The molecule has 1 atom stereocenters. The highest BCUT2D eigenvalue weighted by molar-refractivity contribution is 7.12. The fraction of sp³-hybridized carbons (Fsp3) is 0.421. The predicted molar refractivity (Wildman–Crippen MR) is 96.0 cm³/mol. The van der Waals surface area contributed by atoms with Crippen LogP contribution in [0, 0.1) is 12.8 Å². The molecule has 0 bridgehead atoms. The Labute approximate surface area is 146 Å². The first-order chi connectivity index (χ1) is 11.6. The highest BCUT2D eigenvalue weighted by Crippen LogP contribution is 2.29. The van der Waals surface area contributed by atoms with Gasteiger partial charge in [0.2, 0.25) is 0 Å². The van der Waals surface area contributed by atoms with Gasteiger partial charge in [-0.2, -0.15) is 0 Å². The van der Waals surface area contributed by atoms with Crippen LogP contribution in [0.1, 0.15) is 33.6 Å². The number of nitrogens with zero attached hydrogens (tertiary/aromatic N) is 1. The molecule has 0 aliphatic carbocycles. The van der Waals surface area contributed by atoms with Gasteiger partial charge >= 0.3 is 0 Å². The smallest absolute Gasteiger partial charge is 0.177 e. The van der Waals surface area contributed by atoms with Gasteiger partial charge in [0.25, 0.3) is 0 Å². The van der Waals surface area contributed by atoms with Gasteiger partial charge in [-0.15, -0.1) is 11.3 Å². The molecule has 0 spiro atoms. The zero-order chi connectivity index (χ0) is 17.1. The summed E-state index contributed by atoms with van der Waals surface area (Å²) >= 11 is 1.55. The van der Waals surface area contributed by atoms with Gasteiger partial charge in [-0.05, 0) is 61.0 Å². The van der Waals surface area contributed by atoms with Crippen LogP contribution in [-0.2, 0) is 6.54 Å². The van der Waals surface area contributed by atoms with E-state index in [0.717, 1.165) is 48.5 Å². The number of aromatic hydroxyl groups is 1. The first-order valence-electron chi connectivity index (χ1n) is 8.25. The molecule has 0 amide bonds. The Hall–Kier alpha value is -1.85. The van der Waals surface area contributed by atoms with Crippen molar-refractivity contribution in [2.45, 2.75) is 26.3 Å². The van der Waals surface area contributed by atoms with Gasteiger partial charge in [-0.25, -0.2) is 0 Å². The fourth-order valence-corrected chi connectivity index (χ4v) is 4.26. The maximum atomic E-state index is 12.7. The lowest BCUT2D eigenvalue weighted by molar-refractivity contribution is 0.0815. The van der Waals surface area contributed by atoms with E-state index in [-0.39, 0.29) is 17.5 Å². The minimum atomic E-state index is 0.0722. The van der Waals surface area contributed by atoms with Crippen molar-refractivity contribution in [2.24, 2.45) is 5.92 Å². The molecular formula is C19H23NO3S. The Morgan fingerprint density at radius 3 is 2.92 bits per heavy atom. The molecule has 1 fully saturated rings. The summed E-state index contributed by atoms with van der Waals surface area (Å²) in [5, 5.41) is 11.9. The van der Waals surface area contributed by atoms with Gasteiger partial charge in [0.1, 0.15) is 0 Å². The lowest BCUT2D eigenvalue weighted by Crippen LogP contribution is -2.38. The summed E-state index contributed by atoms with van der Waals surface area (Å²) in [7, 11) is 1.54. The maximum absolute atomic E-state index is 12.7. The summed E-state index contributed by atoms with van der Waals surface area (Å²) in [6.07, 6.45) is 1.99. The number of rotatable bonds is 5. The average Bonchev–Trinajstić information content (AvgIpc) is 3.01. The molecule has 1 saturated heterocycles. The Bertz CT molecular complexity index is 725. The number of phenols is 1. The molecular weight excluding hydrogens is 322 g/mol. The zero-order valence-corrected chi connectivity index (χ0v) is 14.9. The molecule has 0 radical (unpaired) electrons. The van der Waals surface area contributed by atoms with E-state index < -0.39 is 0 Å². The monoisotopic (exact) mass is 345 g/mol. The number of ether oxygens (including phenoxy) is 1. The number of ketones is 1. The number of thiophene rings is 1. The largest absolute Gasteiger partial charge is 0.504 e. The number of benzene rings is 1. The summed E-state index contributed by atoms with van der Waals surface area (Å²) < 4.78 is 5.08. The Morgan fingerprint density at radius 1 is 1.42 bits per heavy atom. The number of hydrogen-bond acceptors (Lipinski definition) is 5. The van der Waals surface area contributed by atoms with Crippen LogP contribution in [0.3, 0.4) is 0 Å². The van der Waals surface area contributed by atoms with Crippen LogP contribution in [0.4, 0.5) is 0 Å². The molecule has 128 valence electrons. The summed E-state index contributed by atoms with van der Waals surface area (Å²) in [5.74, 6) is 1.00. The van der Waals surface area contributed by atoms with Crippen LogP contribution < -0.4 is 4.74 Å². The van der Waals surface area contributed by atoms with Crippen LogP contribution in [0.5, 0.6) is 11.5 Å². The number of piperidine rings is 1. The Balaban J connectivity index is 1.66. The highest BCUT2D eigenvalue weighted by atomic mass is 32.1. The van der Waals surface area contributed by atoms with Crippen molar-refractivity contribution in [1.82, 2.24) is 4.90 Å². The average molecular weight is 345 g/mol. The number of likely N-dealkylation sites (tertiary alicyclic amines) is 1. The highest BCUT2D eigenvalue weighted by Gasteiger charge is 2.28. The number of Topliss-reactive ketones (excluding diaryl/α,β-unsaturated/α-hetero) is 1. The lowest BCUT2D eigenvalue weighted by Gasteiger charge is -2.32. The second-order valence-corrected chi connectivity index (χ2v) is 7.29. The quantitative estimate of drug-likeness (QED) is 0.836. The molecule has 1 aliphatic rings. The van der Waals surface area contributed by atoms with Gasteiger partial charge in [0.05, 0.1) is 12.0 Å². The van der Waals surface area contributed by atoms with Gasteiger partial charge in [-0.1, -0.05) is 6.07 Å². The molecule has 0 unspecified atom stereocenters. The minimum Gasteiger partial charge on any atom is -0.504 e. The van der Waals surface area contributed by atoms with Crippen molar-refractivity contribution in [3.63, 3.8) is 0 Å². The number of carbonyl (C=O) groups excluding carboxylic acids is 1. The Kier molecular flexibility index (Phi) is 5.21. The summed E-state index contributed by atoms with van der Waals surface area (Å²) in [6, 6.07) is 7.51. The van der Waals surface area contributed by atoms with E-state index >= 15 is 0 Å². The molecule has 3 rings (SSSR count). The zero-order valence-electron chi connectivity index (χ0n) is 14.1. The number of aryl methyl sites for hydroxylation is 1. The molecule has 1 aromatic heterocycles. The molecule has 5 heteroatoms. The molecule has 1 aromatic carbocycles. The molecule has 2 heterocycles. The van der Waals surface area contributed by atoms with Crippen LogP contribution in [-0.4, -0.2) is 36.0 Å². The van der Waals surface area contributed by atoms with E-state index in [2.05, 4.69) is 4.90 Å². The topological polar surface area (TPSA) is 49.8 Å². The van der Waals surface area contributed by atoms with Gasteiger partial charge < -0.3 is 9.84 Å². The summed E-state index contributed by atoms with van der Waals surface area (Å²) in [5.41, 5.74) is 2.12. The molecule has 4 nitrogen and oxygen atoms in total. The third kappa shape index (κ3) is 3.62. The fourth-order valence-electron chi connectivity index (χ4n) is 3.32. The van der Waals surface area contributed by atoms with Crippen molar-refractivity contribution in [3.05, 3.63) is 45.6 Å². The van der Waals surface area contributed by atoms with Crippen molar-refractivity contribution in [1.29, 1.82) is 0 Å². The van der Waals surface area contributed by atoms with Crippen LogP contribution >= 0.6 is 11.3 Å². The van der Waals surface area contributed by atoms with Crippen LogP contribution in [0.15, 0.2) is 29.6 Å². The van der Waals surface area contributed by atoms with E-state index in [1.54, 1.807) is 30.6 Å². The van der Waals surface area contributed by atoms with E-state index in [1.165, 1.54) is 0 Å². The van der Waals surface area contributed by atoms with E-state index in [1.807, 2.05) is 24.4 Å². The predicted octanol–water partition coefficient (Wildman–Crippen LogP) is 3.87. The third-order valence-electron chi connectivity index (χ3n) is 4.61. The molecule has 2 aromatic rings. The first-order valence-corrected chi connectivity index (χ1v) is 9.13. The van der Waals surface area contributed by atoms with Crippen molar-refractivity contribution < 1.29 is 14.6 Å². The number of hydrogen-bond donors (Lipinski definition) is 1. The number of carbonyl (C=O) groups is 1.